The zero-order valence-electron chi connectivity index (χ0n) is 10.9. The standard InChI is InChI=1S/C11H12Cl2FN5O2/c1-2-21-9(20)4-3-5(14)7(13)8(6(4)12)18-11(17)19-10(15)16/h3H,2H2,1H3,(H6,15,16,17,18,19). The minimum atomic E-state index is -0.916. The Morgan fingerprint density at radius 1 is 1.33 bits per heavy atom. The number of halogens is 3. The molecule has 0 saturated heterocycles. The fourth-order valence-electron chi connectivity index (χ4n) is 1.32. The molecule has 0 amide bonds. The SMILES string of the molecule is CCOC(=O)c1cc(F)c(Cl)c(N=C(N)N=C(N)N)c1Cl. The van der Waals surface area contributed by atoms with Crippen LogP contribution in [0.1, 0.15) is 17.3 Å². The Kier molecular flexibility index (Phi) is 5.74. The lowest BCUT2D eigenvalue weighted by Gasteiger charge is -2.09. The van der Waals surface area contributed by atoms with Crippen molar-refractivity contribution in [2.45, 2.75) is 6.92 Å². The monoisotopic (exact) mass is 335 g/mol. The van der Waals surface area contributed by atoms with E-state index < -0.39 is 22.8 Å². The lowest BCUT2D eigenvalue weighted by Crippen LogP contribution is -2.26. The number of esters is 1. The summed E-state index contributed by atoms with van der Waals surface area (Å²) in [6.45, 7) is 1.68. The van der Waals surface area contributed by atoms with Crippen molar-refractivity contribution >= 4 is 46.8 Å². The highest BCUT2D eigenvalue weighted by Gasteiger charge is 2.21. The lowest BCUT2D eigenvalue weighted by molar-refractivity contribution is 0.0526. The van der Waals surface area contributed by atoms with Gasteiger partial charge in [-0.05, 0) is 13.0 Å². The first-order chi connectivity index (χ1) is 9.77. The van der Waals surface area contributed by atoms with E-state index in [-0.39, 0.29) is 28.8 Å². The lowest BCUT2D eigenvalue weighted by atomic mass is 10.2. The van der Waals surface area contributed by atoms with E-state index >= 15 is 0 Å². The quantitative estimate of drug-likeness (QED) is 0.334. The maximum atomic E-state index is 13.7. The van der Waals surface area contributed by atoms with Gasteiger partial charge in [0.1, 0.15) is 16.5 Å². The molecular formula is C11H12Cl2FN5O2. The number of ether oxygens (including phenoxy) is 1. The van der Waals surface area contributed by atoms with Crippen molar-refractivity contribution in [3.8, 4) is 0 Å². The van der Waals surface area contributed by atoms with Crippen LogP contribution in [-0.2, 0) is 4.74 Å². The van der Waals surface area contributed by atoms with Gasteiger partial charge < -0.3 is 21.9 Å². The van der Waals surface area contributed by atoms with Crippen molar-refractivity contribution in [1.29, 1.82) is 0 Å². The highest BCUT2D eigenvalue weighted by Crippen LogP contribution is 2.38. The number of aliphatic imine (C=N–C) groups is 2. The van der Waals surface area contributed by atoms with Crippen LogP contribution < -0.4 is 17.2 Å². The molecule has 0 atom stereocenters. The molecule has 0 aromatic heterocycles. The van der Waals surface area contributed by atoms with Gasteiger partial charge in [-0.25, -0.2) is 14.2 Å². The van der Waals surface area contributed by atoms with E-state index in [0.717, 1.165) is 6.07 Å². The average molecular weight is 336 g/mol. The molecule has 0 fully saturated rings. The van der Waals surface area contributed by atoms with Gasteiger partial charge in [-0.15, -0.1) is 0 Å². The third kappa shape index (κ3) is 4.20. The van der Waals surface area contributed by atoms with Crippen LogP contribution in [-0.4, -0.2) is 24.5 Å². The Labute approximate surface area is 129 Å². The maximum absolute atomic E-state index is 13.7. The first-order valence-corrected chi connectivity index (χ1v) is 6.31. The second kappa shape index (κ2) is 7.09. The molecule has 0 aliphatic rings. The van der Waals surface area contributed by atoms with Gasteiger partial charge in [0.05, 0.1) is 17.2 Å². The first kappa shape index (κ1) is 17.0. The van der Waals surface area contributed by atoms with Gasteiger partial charge in [0.15, 0.2) is 5.96 Å². The van der Waals surface area contributed by atoms with Crippen molar-refractivity contribution in [3.05, 3.63) is 27.5 Å². The van der Waals surface area contributed by atoms with E-state index in [4.69, 9.17) is 45.1 Å². The molecule has 0 saturated carbocycles. The Balaban J connectivity index is 3.45. The third-order valence-electron chi connectivity index (χ3n) is 2.10. The van der Waals surface area contributed by atoms with Gasteiger partial charge in [-0.1, -0.05) is 23.2 Å². The van der Waals surface area contributed by atoms with Crippen LogP contribution in [0, 0.1) is 5.82 Å². The molecule has 6 N–H and O–H groups in total. The summed E-state index contributed by atoms with van der Waals surface area (Å²) < 4.78 is 18.5. The molecule has 0 spiro atoms. The Bertz CT molecular complexity index is 630. The molecule has 0 radical (unpaired) electrons. The summed E-state index contributed by atoms with van der Waals surface area (Å²) in [6, 6.07) is 0.846. The minimum absolute atomic E-state index is 0.0914. The molecule has 0 aliphatic heterocycles. The molecular weight excluding hydrogens is 324 g/mol. The van der Waals surface area contributed by atoms with Crippen molar-refractivity contribution < 1.29 is 13.9 Å². The van der Waals surface area contributed by atoms with Crippen LogP contribution in [0.2, 0.25) is 10.0 Å². The van der Waals surface area contributed by atoms with Crippen molar-refractivity contribution in [1.82, 2.24) is 0 Å². The van der Waals surface area contributed by atoms with Crippen LogP contribution in [0.5, 0.6) is 0 Å². The first-order valence-electron chi connectivity index (χ1n) is 5.56. The van der Waals surface area contributed by atoms with Gasteiger partial charge in [-0.3, -0.25) is 0 Å². The van der Waals surface area contributed by atoms with Crippen molar-refractivity contribution in [2.75, 3.05) is 6.61 Å². The maximum Gasteiger partial charge on any atom is 0.339 e. The number of nitrogens with zero attached hydrogens (tertiary/aromatic N) is 2. The Morgan fingerprint density at radius 2 is 1.95 bits per heavy atom. The van der Waals surface area contributed by atoms with Gasteiger partial charge in [-0.2, -0.15) is 4.99 Å². The van der Waals surface area contributed by atoms with Gasteiger partial charge in [0.2, 0.25) is 5.96 Å². The van der Waals surface area contributed by atoms with Crippen LogP contribution in [0.15, 0.2) is 16.1 Å². The number of guanidine groups is 2. The number of hydrogen-bond donors (Lipinski definition) is 3. The number of rotatable bonds is 3. The average Bonchev–Trinajstić information content (AvgIpc) is 2.38. The van der Waals surface area contributed by atoms with E-state index in [1.165, 1.54) is 0 Å². The van der Waals surface area contributed by atoms with E-state index in [9.17, 15) is 9.18 Å². The number of nitrogens with two attached hydrogens (primary N) is 3. The van der Waals surface area contributed by atoms with Gasteiger partial charge in [0.25, 0.3) is 0 Å². The Hall–Kier alpha value is -2.06. The summed E-state index contributed by atoms with van der Waals surface area (Å²) in [5, 5.41) is -0.657. The normalized spacial score (nSPS) is 11.1. The second-order valence-corrected chi connectivity index (χ2v) is 4.37. The minimum Gasteiger partial charge on any atom is -0.462 e. The molecule has 114 valence electrons. The molecule has 1 rings (SSSR count). The summed E-state index contributed by atoms with van der Waals surface area (Å²) in [5.74, 6) is -2.50. The van der Waals surface area contributed by atoms with E-state index in [1.54, 1.807) is 6.92 Å². The Morgan fingerprint density at radius 3 is 2.48 bits per heavy atom. The smallest absolute Gasteiger partial charge is 0.339 e. The molecule has 0 aliphatic carbocycles. The fourth-order valence-corrected chi connectivity index (χ4v) is 1.83. The molecule has 10 heteroatoms. The molecule has 0 heterocycles. The fraction of sp³-hybridized carbons (Fsp3) is 0.182. The molecule has 1 aromatic carbocycles. The van der Waals surface area contributed by atoms with Gasteiger partial charge in [0, 0.05) is 0 Å². The summed E-state index contributed by atoms with van der Waals surface area (Å²) in [7, 11) is 0. The van der Waals surface area contributed by atoms with Crippen LogP contribution in [0.25, 0.3) is 0 Å². The number of carbonyl (C=O) groups is 1. The van der Waals surface area contributed by atoms with Crippen molar-refractivity contribution in [2.24, 2.45) is 27.2 Å². The van der Waals surface area contributed by atoms with Gasteiger partial charge >= 0.3 is 5.97 Å². The summed E-state index contributed by atoms with van der Waals surface area (Å²) >= 11 is 11.7. The van der Waals surface area contributed by atoms with E-state index in [1.807, 2.05) is 0 Å². The summed E-state index contributed by atoms with van der Waals surface area (Å²) in [6.07, 6.45) is 0. The number of carbonyl (C=O) groups excluding carboxylic acids is 1. The highest BCUT2D eigenvalue weighted by atomic mass is 35.5. The molecule has 0 unspecified atom stereocenters. The zero-order chi connectivity index (χ0) is 16.2. The molecule has 1 aromatic rings. The van der Waals surface area contributed by atoms with E-state index in [0.29, 0.717) is 0 Å². The molecule has 0 bridgehead atoms. The second-order valence-electron chi connectivity index (χ2n) is 3.61. The topological polar surface area (TPSA) is 129 Å². The summed E-state index contributed by atoms with van der Waals surface area (Å²) in [5.41, 5.74) is 15.2. The predicted molar refractivity (Wildman–Crippen MR) is 79.5 cm³/mol. The highest BCUT2D eigenvalue weighted by molar-refractivity contribution is 6.40. The van der Waals surface area contributed by atoms with Crippen LogP contribution in [0.4, 0.5) is 10.1 Å². The largest absolute Gasteiger partial charge is 0.462 e. The summed E-state index contributed by atoms with van der Waals surface area (Å²) in [4.78, 5) is 18.8. The predicted octanol–water partition coefficient (Wildman–Crippen LogP) is 1.53. The zero-order valence-corrected chi connectivity index (χ0v) is 12.4. The third-order valence-corrected chi connectivity index (χ3v) is 2.84. The number of benzene rings is 1. The van der Waals surface area contributed by atoms with Crippen LogP contribution in [0.3, 0.4) is 0 Å². The van der Waals surface area contributed by atoms with Crippen molar-refractivity contribution in [3.63, 3.8) is 0 Å². The van der Waals surface area contributed by atoms with E-state index in [2.05, 4.69) is 9.98 Å². The molecule has 21 heavy (non-hydrogen) atoms. The molecule has 7 nitrogen and oxygen atoms in total. The number of hydrogen-bond acceptors (Lipinski definition) is 3. The van der Waals surface area contributed by atoms with Crippen LogP contribution >= 0.6 is 23.2 Å².